The van der Waals surface area contributed by atoms with Crippen LogP contribution in [0.2, 0.25) is 0 Å². The highest BCUT2D eigenvalue weighted by Gasteiger charge is 2.08. The summed E-state index contributed by atoms with van der Waals surface area (Å²) in [5.74, 6) is 1.78. The van der Waals surface area contributed by atoms with Crippen molar-refractivity contribution in [1.82, 2.24) is 20.2 Å². The standard InChI is InChI=1S/C13H24N6/c1-2-3-15-12-10-13(18-11-17-12)16-6-9-19-7-4-14-5-8-19/h10-11,14H,2-9H2,1H3,(H2,15,16,17,18). The average molecular weight is 264 g/mol. The van der Waals surface area contributed by atoms with Crippen LogP contribution in [0.3, 0.4) is 0 Å². The van der Waals surface area contributed by atoms with E-state index in [0.29, 0.717) is 0 Å². The topological polar surface area (TPSA) is 65.1 Å². The molecule has 0 aliphatic carbocycles. The summed E-state index contributed by atoms with van der Waals surface area (Å²) in [6.45, 7) is 9.52. The van der Waals surface area contributed by atoms with Gasteiger partial charge in [0.05, 0.1) is 0 Å². The number of hydrogen-bond acceptors (Lipinski definition) is 6. The van der Waals surface area contributed by atoms with Crippen molar-refractivity contribution >= 4 is 11.6 Å². The third-order valence-corrected chi connectivity index (χ3v) is 3.17. The number of rotatable bonds is 7. The molecule has 1 fully saturated rings. The van der Waals surface area contributed by atoms with Crippen molar-refractivity contribution in [1.29, 1.82) is 0 Å². The lowest BCUT2D eigenvalue weighted by molar-refractivity contribution is 0.249. The lowest BCUT2D eigenvalue weighted by atomic mass is 10.3. The monoisotopic (exact) mass is 264 g/mol. The maximum absolute atomic E-state index is 4.24. The summed E-state index contributed by atoms with van der Waals surface area (Å²) in [5, 5.41) is 9.98. The van der Waals surface area contributed by atoms with E-state index in [1.807, 2.05) is 6.07 Å². The molecule has 19 heavy (non-hydrogen) atoms. The summed E-state index contributed by atoms with van der Waals surface area (Å²) < 4.78 is 0. The van der Waals surface area contributed by atoms with Gasteiger partial charge in [0.2, 0.25) is 0 Å². The number of anilines is 2. The Morgan fingerprint density at radius 1 is 1.16 bits per heavy atom. The first-order valence-electron chi connectivity index (χ1n) is 7.11. The maximum atomic E-state index is 4.24. The lowest BCUT2D eigenvalue weighted by Gasteiger charge is -2.27. The van der Waals surface area contributed by atoms with Crippen LogP contribution in [0.5, 0.6) is 0 Å². The van der Waals surface area contributed by atoms with Gasteiger partial charge < -0.3 is 16.0 Å². The number of nitrogens with one attached hydrogen (secondary N) is 3. The van der Waals surface area contributed by atoms with Crippen LogP contribution >= 0.6 is 0 Å². The van der Waals surface area contributed by atoms with Crippen LogP contribution < -0.4 is 16.0 Å². The lowest BCUT2D eigenvalue weighted by Crippen LogP contribution is -2.45. The van der Waals surface area contributed by atoms with E-state index in [-0.39, 0.29) is 0 Å². The van der Waals surface area contributed by atoms with Gasteiger partial charge in [-0.2, -0.15) is 0 Å². The van der Waals surface area contributed by atoms with E-state index >= 15 is 0 Å². The van der Waals surface area contributed by atoms with E-state index in [1.54, 1.807) is 6.33 Å². The molecule has 3 N–H and O–H groups in total. The van der Waals surface area contributed by atoms with E-state index in [1.165, 1.54) is 0 Å². The third kappa shape index (κ3) is 5.00. The fourth-order valence-corrected chi connectivity index (χ4v) is 2.08. The van der Waals surface area contributed by atoms with Gasteiger partial charge in [-0.15, -0.1) is 0 Å². The molecule has 6 heteroatoms. The molecule has 0 spiro atoms. The van der Waals surface area contributed by atoms with Gasteiger partial charge in [0.15, 0.2) is 0 Å². The van der Waals surface area contributed by atoms with E-state index in [9.17, 15) is 0 Å². The molecule has 1 saturated heterocycles. The highest BCUT2D eigenvalue weighted by molar-refractivity contribution is 5.46. The molecular weight excluding hydrogens is 240 g/mol. The second-order valence-electron chi connectivity index (χ2n) is 4.73. The van der Waals surface area contributed by atoms with E-state index < -0.39 is 0 Å². The van der Waals surface area contributed by atoms with E-state index in [4.69, 9.17) is 0 Å². The molecule has 0 unspecified atom stereocenters. The zero-order chi connectivity index (χ0) is 13.3. The van der Waals surface area contributed by atoms with E-state index in [0.717, 1.165) is 63.9 Å². The highest BCUT2D eigenvalue weighted by atomic mass is 15.2. The van der Waals surface area contributed by atoms with Gasteiger partial charge in [-0.1, -0.05) is 6.92 Å². The molecule has 0 aromatic carbocycles. The van der Waals surface area contributed by atoms with E-state index in [2.05, 4.69) is 37.7 Å². The maximum Gasteiger partial charge on any atom is 0.131 e. The predicted octanol–water partition coefficient (Wildman–Crippen LogP) is 0.616. The Morgan fingerprint density at radius 3 is 2.53 bits per heavy atom. The van der Waals surface area contributed by atoms with Gasteiger partial charge in [-0.05, 0) is 6.42 Å². The van der Waals surface area contributed by atoms with Crippen LogP contribution in [0, 0.1) is 0 Å². The smallest absolute Gasteiger partial charge is 0.131 e. The van der Waals surface area contributed by atoms with Crippen molar-refractivity contribution in [2.24, 2.45) is 0 Å². The molecule has 1 aromatic rings. The molecule has 1 aliphatic heterocycles. The predicted molar refractivity (Wildman–Crippen MR) is 78.6 cm³/mol. The minimum Gasteiger partial charge on any atom is -0.370 e. The minimum absolute atomic E-state index is 0.890. The molecular formula is C13H24N6. The first kappa shape index (κ1) is 14.0. The Kier molecular flexibility index (Phi) is 5.84. The molecule has 2 rings (SSSR count). The van der Waals surface area contributed by atoms with Gasteiger partial charge in [-0.3, -0.25) is 4.90 Å². The molecule has 2 heterocycles. The zero-order valence-electron chi connectivity index (χ0n) is 11.7. The number of nitrogens with zero attached hydrogens (tertiary/aromatic N) is 3. The first-order chi connectivity index (χ1) is 9.38. The van der Waals surface area contributed by atoms with Crippen LogP contribution in [0.25, 0.3) is 0 Å². The Balaban J connectivity index is 1.72. The molecule has 1 aromatic heterocycles. The summed E-state index contributed by atoms with van der Waals surface area (Å²) in [4.78, 5) is 10.9. The SMILES string of the molecule is CCCNc1cc(NCCN2CCNCC2)ncn1. The van der Waals surface area contributed by atoms with Gasteiger partial charge >= 0.3 is 0 Å². The van der Waals surface area contributed by atoms with Crippen molar-refractivity contribution in [3.05, 3.63) is 12.4 Å². The third-order valence-electron chi connectivity index (χ3n) is 3.17. The van der Waals surface area contributed by atoms with Crippen molar-refractivity contribution in [3.8, 4) is 0 Å². The number of aromatic nitrogens is 2. The normalized spacial score (nSPS) is 16.3. The Morgan fingerprint density at radius 2 is 1.84 bits per heavy atom. The van der Waals surface area contributed by atoms with Crippen LogP contribution in [0.15, 0.2) is 12.4 Å². The minimum atomic E-state index is 0.890. The molecule has 1 aliphatic rings. The Labute approximate surface area is 115 Å². The van der Waals surface area contributed by atoms with Gasteiger partial charge in [0, 0.05) is 51.9 Å². The fraction of sp³-hybridized carbons (Fsp3) is 0.692. The highest BCUT2D eigenvalue weighted by Crippen LogP contribution is 2.08. The number of piperazine rings is 1. The summed E-state index contributed by atoms with van der Waals surface area (Å²) in [6.07, 6.45) is 2.70. The Hall–Kier alpha value is -1.40. The van der Waals surface area contributed by atoms with Crippen LogP contribution in [0.1, 0.15) is 13.3 Å². The van der Waals surface area contributed by atoms with Crippen LogP contribution in [0.4, 0.5) is 11.6 Å². The molecule has 106 valence electrons. The molecule has 6 nitrogen and oxygen atoms in total. The average Bonchev–Trinajstić information content (AvgIpc) is 2.47. The van der Waals surface area contributed by atoms with Crippen molar-refractivity contribution in [3.63, 3.8) is 0 Å². The summed E-state index contributed by atoms with van der Waals surface area (Å²) >= 11 is 0. The second-order valence-corrected chi connectivity index (χ2v) is 4.73. The van der Waals surface area contributed by atoms with Gasteiger partial charge in [0.25, 0.3) is 0 Å². The Bertz CT molecular complexity index is 364. The molecule has 0 amide bonds. The summed E-state index contributed by atoms with van der Waals surface area (Å²) in [7, 11) is 0. The van der Waals surface area contributed by atoms with Crippen LogP contribution in [-0.4, -0.2) is 60.7 Å². The van der Waals surface area contributed by atoms with Crippen molar-refractivity contribution < 1.29 is 0 Å². The number of hydrogen-bond donors (Lipinski definition) is 3. The molecule has 0 atom stereocenters. The molecule has 0 radical (unpaired) electrons. The molecule has 0 bridgehead atoms. The summed E-state index contributed by atoms with van der Waals surface area (Å²) in [5.41, 5.74) is 0. The van der Waals surface area contributed by atoms with Gasteiger partial charge in [0.1, 0.15) is 18.0 Å². The second kappa shape index (κ2) is 7.91. The van der Waals surface area contributed by atoms with Crippen molar-refractivity contribution in [2.45, 2.75) is 13.3 Å². The summed E-state index contributed by atoms with van der Waals surface area (Å²) in [6, 6.07) is 1.97. The fourth-order valence-electron chi connectivity index (χ4n) is 2.08. The zero-order valence-corrected chi connectivity index (χ0v) is 11.7. The first-order valence-corrected chi connectivity index (χ1v) is 7.11. The van der Waals surface area contributed by atoms with Crippen molar-refractivity contribution in [2.75, 3.05) is 56.4 Å². The largest absolute Gasteiger partial charge is 0.370 e. The van der Waals surface area contributed by atoms with Gasteiger partial charge in [-0.25, -0.2) is 9.97 Å². The molecule has 0 saturated carbocycles. The quantitative estimate of drug-likeness (QED) is 0.671. The van der Waals surface area contributed by atoms with Crippen LogP contribution in [-0.2, 0) is 0 Å².